The molecule has 1 aliphatic rings. The topological polar surface area (TPSA) is 125 Å². The molecular weight excluding hydrogens is 464 g/mol. The van der Waals surface area contributed by atoms with Crippen molar-refractivity contribution in [3.63, 3.8) is 0 Å². The number of nitro benzene ring substituents is 1. The third kappa shape index (κ3) is 5.72. The molecule has 0 aromatic heterocycles. The Labute approximate surface area is 197 Å². The number of rotatable bonds is 8. The van der Waals surface area contributed by atoms with Crippen molar-refractivity contribution in [2.75, 3.05) is 27.3 Å². The first-order valence-electron chi connectivity index (χ1n) is 10.6. The van der Waals surface area contributed by atoms with E-state index in [-0.39, 0.29) is 22.1 Å². The van der Waals surface area contributed by atoms with E-state index in [0.717, 1.165) is 18.9 Å². The SMILES string of the molecule is COC(=O)/C=C/c1ccc(Oc2ccc(S(=O)(=O)N3CCC(C)CC3)cc2[N+](=O)[O-])c(OC)c1. The zero-order valence-electron chi connectivity index (χ0n) is 19.1. The second-order valence-electron chi connectivity index (χ2n) is 7.84. The highest BCUT2D eigenvalue weighted by Gasteiger charge is 2.30. The van der Waals surface area contributed by atoms with Crippen LogP contribution in [0.1, 0.15) is 25.3 Å². The maximum atomic E-state index is 13.0. The number of methoxy groups -OCH3 is 2. The van der Waals surface area contributed by atoms with Crippen molar-refractivity contribution < 1.29 is 32.3 Å². The Balaban J connectivity index is 1.90. The molecule has 0 bridgehead atoms. The second kappa shape index (κ2) is 10.7. The summed E-state index contributed by atoms with van der Waals surface area (Å²) in [7, 11) is -1.20. The van der Waals surface area contributed by atoms with E-state index in [0.29, 0.717) is 24.6 Å². The van der Waals surface area contributed by atoms with E-state index in [1.807, 2.05) is 0 Å². The summed E-state index contributed by atoms with van der Waals surface area (Å²) >= 11 is 0. The van der Waals surface area contributed by atoms with Crippen LogP contribution in [0.3, 0.4) is 0 Å². The third-order valence-corrected chi connectivity index (χ3v) is 7.42. The average molecular weight is 491 g/mol. The molecule has 0 spiro atoms. The van der Waals surface area contributed by atoms with Gasteiger partial charge in [0.25, 0.3) is 0 Å². The number of hydrogen-bond acceptors (Lipinski definition) is 8. The number of hydrogen-bond donors (Lipinski definition) is 0. The van der Waals surface area contributed by atoms with Gasteiger partial charge in [0.2, 0.25) is 15.8 Å². The molecule has 11 heteroatoms. The summed E-state index contributed by atoms with van der Waals surface area (Å²) in [5, 5.41) is 11.7. The van der Waals surface area contributed by atoms with Crippen molar-refractivity contribution in [3.05, 3.63) is 58.2 Å². The monoisotopic (exact) mass is 490 g/mol. The first-order chi connectivity index (χ1) is 16.1. The molecule has 1 fully saturated rings. The number of nitrogens with zero attached hydrogens (tertiary/aromatic N) is 2. The van der Waals surface area contributed by atoms with Gasteiger partial charge in [-0.1, -0.05) is 13.0 Å². The summed E-state index contributed by atoms with van der Waals surface area (Å²) in [5.74, 6) is 0.229. The van der Waals surface area contributed by atoms with Crippen LogP contribution in [0.15, 0.2) is 47.4 Å². The molecule has 2 aromatic rings. The van der Waals surface area contributed by atoms with E-state index in [2.05, 4.69) is 11.7 Å². The van der Waals surface area contributed by atoms with E-state index in [1.54, 1.807) is 12.1 Å². The number of ether oxygens (including phenoxy) is 3. The minimum Gasteiger partial charge on any atom is -0.493 e. The van der Waals surface area contributed by atoms with Gasteiger partial charge < -0.3 is 14.2 Å². The molecule has 0 unspecified atom stereocenters. The molecule has 0 saturated carbocycles. The van der Waals surface area contributed by atoms with Gasteiger partial charge in [-0.25, -0.2) is 13.2 Å². The van der Waals surface area contributed by atoms with E-state index < -0.39 is 26.6 Å². The van der Waals surface area contributed by atoms with Crippen molar-refractivity contribution in [1.29, 1.82) is 0 Å². The molecule has 10 nitrogen and oxygen atoms in total. The van der Waals surface area contributed by atoms with Crippen molar-refractivity contribution in [1.82, 2.24) is 4.31 Å². The molecular formula is C23H26N2O8S. The standard InChI is InChI=1S/C23H26N2O8S/c1-16-10-12-24(13-11-16)34(29,30)18-6-8-20(19(15-18)25(27)28)33-21-7-4-17(14-22(21)31-2)5-9-23(26)32-3/h4-9,14-16H,10-13H2,1-3H3/b9-5+. The lowest BCUT2D eigenvalue weighted by Crippen LogP contribution is -2.37. The second-order valence-corrected chi connectivity index (χ2v) is 9.78. The van der Waals surface area contributed by atoms with Crippen LogP contribution >= 0.6 is 0 Å². The van der Waals surface area contributed by atoms with Gasteiger partial charge in [-0.05, 0) is 54.7 Å². The molecule has 3 rings (SSSR count). The highest BCUT2D eigenvalue weighted by Crippen LogP contribution is 2.38. The van der Waals surface area contributed by atoms with E-state index in [1.165, 1.54) is 48.9 Å². The lowest BCUT2D eigenvalue weighted by molar-refractivity contribution is -0.385. The van der Waals surface area contributed by atoms with Crippen LogP contribution in [0.25, 0.3) is 6.08 Å². The Bertz CT molecular complexity index is 1200. The predicted molar refractivity (Wildman–Crippen MR) is 124 cm³/mol. The largest absolute Gasteiger partial charge is 0.493 e. The molecule has 1 heterocycles. The molecule has 34 heavy (non-hydrogen) atoms. The highest BCUT2D eigenvalue weighted by molar-refractivity contribution is 7.89. The third-order valence-electron chi connectivity index (χ3n) is 5.53. The van der Waals surface area contributed by atoms with Crippen LogP contribution in [0.5, 0.6) is 17.2 Å². The van der Waals surface area contributed by atoms with E-state index in [9.17, 15) is 23.3 Å². The lowest BCUT2D eigenvalue weighted by atomic mass is 10.0. The maximum absolute atomic E-state index is 13.0. The molecule has 1 aliphatic heterocycles. The molecule has 0 radical (unpaired) electrons. The van der Waals surface area contributed by atoms with Gasteiger partial charge in [-0.15, -0.1) is 0 Å². The van der Waals surface area contributed by atoms with Crippen LogP contribution in [0.4, 0.5) is 5.69 Å². The first kappa shape index (κ1) is 25.2. The summed E-state index contributed by atoms with van der Waals surface area (Å²) in [4.78, 5) is 22.2. The number of carbonyl (C=O) groups excluding carboxylic acids is 1. The van der Waals surface area contributed by atoms with Gasteiger partial charge in [0.15, 0.2) is 11.5 Å². The number of esters is 1. The van der Waals surface area contributed by atoms with Gasteiger partial charge in [0.1, 0.15) is 0 Å². The average Bonchev–Trinajstić information content (AvgIpc) is 2.83. The van der Waals surface area contributed by atoms with Gasteiger partial charge in [0.05, 0.1) is 24.0 Å². The van der Waals surface area contributed by atoms with Crippen molar-refractivity contribution in [2.24, 2.45) is 5.92 Å². The summed E-state index contributed by atoms with van der Waals surface area (Å²) in [6.45, 7) is 2.82. The van der Waals surface area contributed by atoms with Crippen LogP contribution < -0.4 is 9.47 Å². The fourth-order valence-electron chi connectivity index (χ4n) is 3.48. The zero-order valence-corrected chi connectivity index (χ0v) is 19.9. The van der Waals surface area contributed by atoms with E-state index >= 15 is 0 Å². The fourth-order valence-corrected chi connectivity index (χ4v) is 4.97. The lowest BCUT2D eigenvalue weighted by Gasteiger charge is -2.29. The van der Waals surface area contributed by atoms with Crippen LogP contribution in [0.2, 0.25) is 0 Å². The van der Waals surface area contributed by atoms with Crippen LogP contribution in [-0.2, 0) is 19.6 Å². The van der Waals surface area contributed by atoms with Gasteiger partial charge in [-0.2, -0.15) is 4.31 Å². The number of piperidine rings is 1. The molecule has 1 saturated heterocycles. The summed E-state index contributed by atoms with van der Waals surface area (Å²) in [5.41, 5.74) is 0.129. The van der Waals surface area contributed by atoms with Gasteiger partial charge in [-0.3, -0.25) is 10.1 Å². The number of carbonyl (C=O) groups is 1. The summed E-state index contributed by atoms with van der Waals surface area (Å²) < 4.78 is 43.0. The van der Waals surface area contributed by atoms with Crippen molar-refractivity contribution in [2.45, 2.75) is 24.7 Å². The van der Waals surface area contributed by atoms with Crippen LogP contribution in [-0.4, -0.2) is 50.9 Å². The van der Waals surface area contributed by atoms with Crippen molar-refractivity contribution in [3.8, 4) is 17.2 Å². The predicted octanol–water partition coefficient (Wildman–Crippen LogP) is 4.00. The van der Waals surface area contributed by atoms with Gasteiger partial charge >= 0.3 is 11.7 Å². The normalized spacial score (nSPS) is 15.3. The Kier molecular flexibility index (Phi) is 7.90. The Morgan fingerprint density at radius 1 is 1.09 bits per heavy atom. The molecule has 0 aliphatic carbocycles. The molecule has 2 aromatic carbocycles. The first-order valence-corrected chi connectivity index (χ1v) is 12.0. The fraction of sp³-hybridized carbons (Fsp3) is 0.348. The molecule has 182 valence electrons. The number of nitro groups is 1. The van der Waals surface area contributed by atoms with Crippen LogP contribution in [0, 0.1) is 16.0 Å². The molecule has 0 N–H and O–H groups in total. The minimum atomic E-state index is -3.86. The number of sulfonamides is 1. The van der Waals surface area contributed by atoms with E-state index in [4.69, 9.17) is 9.47 Å². The summed E-state index contributed by atoms with van der Waals surface area (Å²) in [6.07, 6.45) is 4.24. The highest BCUT2D eigenvalue weighted by atomic mass is 32.2. The smallest absolute Gasteiger partial charge is 0.330 e. The van der Waals surface area contributed by atoms with Gasteiger partial charge in [0, 0.05) is 25.2 Å². The maximum Gasteiger partial charge on any atom is 0.330 e. The molecule has 0 amide bonds. The number of benzene rings is 2. The zero-order chi connectivity index (χ0) is 24.9. The quantitative estimate of drug-likeness (QED) is 0.235. The minimum absolute atomic E-state index is 0.132. The summed E-state index contributed by atoms with van der Waals surface area (Å²) in [6, 6.07) is 8.32. The molecule has 0 atom stereocenters. The Morgan fingerprint density at radius 2 is 1.76 bits per heavy atom. The Morgan fingerprint density at radius 3 is 2.38 bits per heavy atom. The van der Waals surface area contributed by atoms with Crippen molar-refractivity contribution >= 4 is 27.8 Å². The Hall–Kier alpha value is -3.44.